The molecule has 106 valence electrons. The summed E-state index contributed by atoms with van der Waals surface area (Å²) in [6.07, 6.45) is 2.17. The summed E-state index contributed by atoms with van der Waals surface area (Å²) in [6, 6.07) is 7.88. The van der Waals surface area contributed by atoms with E-state index in [0.717, 1.165) is 38.0 Å². The van der Waals surface area contributed by atoms with Gasteiger partial charge in [-0.1, -0.05) is 24.3 Å². The van der Waals surface area contributed by atoms with Crippen molar-refractivity contribution in [2.45, 2.75) is 26.3 Å². The third-order valence-corrected chi connectivity index (χ3v) is 3.73. The van der Waals surface area contributed by atoms with Gasteiger partial charge in [0.05, 0.1) is 0 Å². The van der Waals surface area contributed by atoms with Crippen LogP contribution in [0.3, 0.4) is 0 Å². The zero-order valence-corrected chi connectivity index (χ0v) is 12.2. The van der Waals surface area contributed by atoms with E-state index in [0.29, 0.717) is 12.5 Å². The molecular formula is C15H22ClNO2. The lowest BCUT2D eigenvalue weighted by molar-refractivity contribution is 0.101. The molecule has 4 heteroatoms. The van der Waals surface area contributed by atoms with Crippen molar-refractivity contribution in [3.05, 3.63) is 35.4 Å². The van der Waals surface area contributed by atoms with Gasteiger partial charge >= 0.3 is 0 Å². The zero-order valence-electron chi connectivity index (χ0n) is 11.3. The molecule has 0 aromatic heterocycles. The number of likely N-dealkylation sites (tertiary alicyclic amines) is 1. The van der Waals surface area contributed by atoms with E-state index >= 15 is 0 Å². The monoisotopic (exact) mass is 283 g/mol. The molecule has 1 aliphatic heterocycles. The van der Waals surface area contributed by atoms with Crippen molar-refractivity contribution in [2.75, 3.05) is 19.7 Å². The average Bonchev–Trinajstić information content (AvgIpc) is 2.40. The smallest absolute Gasteiger partial charge is 0.159 e. The van der Waals surface area contributed by atoms with E-state index in [1.54, 1.807) is 6.92 Å². The van der Waals surface area contributed by atoms with Crippen LogP contribution in [0.25, 0.3) is 0 Å². The van der Waals surface area contributed by atoms with Crippen molar-refractivity contribution in [2.24, 2.45) is 5.92 Å². The van der Waals surface area contributed by atoms with Crippen LogP contribution in [-0.4, -0.2) is 35.5 Å². The Kier molecular flexibility index (Phi) is 6.49. The second-order valence-corrected chi connectivity index (χ2v) is 5.16. The van der Waals surface area contributed by atoms with Crippen LogP contribution in [-0.2, 0) is 6.54 Å². The highest BCUT2D eigenvalue weighted by molar-refractivity contribution is 5.93. The van der Waals surface area contributed by atoms with E-state index in [1.807, 2.05) is 24.3 Å². The van der Waals surface area contributed by atoms with Gasteiger partial charge in [0.2, 0.25) is 0 Å². The van der Waals surface area contributed by atoms with E-state index in [4.69, 9.17) is 5.11 Å². The van der Waals surface area contributed by atoms with Gasteiger partial charge in [-0.25, -0.2) is 0 Å². The largest absolute Gasteiger partial charge is 0.396 e. The number of rotatable bonds is 4. The Hall–Kier alpha value is -0.900. The first-order chi connectivity index (χ1) is 8.69. The van der Waals surface area contributed by atoms with Gasteiger partial charge in [0.25, 0.3) is 0 Å². The van der Waals surface area contributed by atoms with Crippen molar-refractivity contribution in [3.8, 4) is 0 Å². The van der Waals surface area contributed by atoms with E-state index < -0.39 is 0 Å². The molecule has 1 fully saturated rings. The fraction of sp³-hybridized carbons (Fsp3) is 0.533. The first kappa shape index (κ1) is 16.2. The second kappa shape index (κ2) is 7.63. The standard InChI is InChI=1S/C15H21NO2.ClH/c1-12(18)15-4-2-13(3-5-15)10-16-8-6-14(11-17)7-9-16;/h2-5,14,17H,6-11H2,1H3;1H. The van der Waals surface area contributed by atoms with Crippen LogP contribution < -0.4 is 0 Å². The third kappa shape index (κ3) is 4.60. The molecule has 0 bridgehead atoms. The first-order valence-electron chi connectivity index (χ1n) is 6.62. The van der Waals surface area contributed by atoms with E-state index in [-0.39, 0.29) is 18.2 Å². The Morgan fingerprint density at radius 2 is 1.84 bits per heavy atom. The van der Waals surface area contributed by atoms with E-state index in [2.05, 4.69) is 4.90 Å². The van der Waals surface area contributed by atoms with Crippen LogP contribution in [0.2, 0.25) is 0 Å². The quantitative estimate of drug-likeness (QED) is 0.863. The number of hydrogen-bond acceptors (Lipinski definition) is 3. The molecular weight excluding hydrogens is 262 g/mol. The normalized spacial score (nSPS) is 16.9. The zero-order chi connectivity index (χ0) is 13.0. The molecule has 0 atom stereocenters. The van der Waals surface area contributed by atoms with Crippen molar-refractivity contribution in [3.63, 3.8) is 0 Å². The minimum atomic E-state index is 0. The number of piperidine rings is 1. The number of aliphatic hydroxyl groups is 1. The summed E-state index contributed by atoms with van der Waals surface area (Å²) in [5.74, 6) is 0.603. The molecule has 1 saturated heterocycles. The molecule has 0 radical (unpaired) electrons. The summed E-state index contributed by atoms with van der Waals surface area (Å²) < 4.78 is 0. The highest BCUT2D eigenvalue weighted by atomic mass is 35.5. The summed E-state index contributed by atoms with van der Waals surface area (Å²) in [7, 11) is 0. The Labute approximate surface area is 121 Å². The lowest BCUT2D eigenvalue weighted by atomic mass is 9.97. The van der Waals surface area contributed by atoms with Crippen LogP contribution in [0.4, 0.5) is 0 Å². The highest BCUT2D eigenvalue weighted by Gasteiger charge is 2.18. The number of aliphatic hydroxyl groups excluding tert-OH is 1. The summed E-state index contributed by atoms with van der Waals surface area (Å²) in [6.45, 7) is 4.96. The molecule has 3 nitrogen and oxygen atoms in total. The molecule has 0 spiro atoms. The van der Waals surface area contributed by atoms with E-state index in [1.165, 1.54) is 5.56 Å². The number of nitrogens with zero attached hydrogens (tertiary/aromatic N) is 1. The Bertz CT molecular complexity index is 397. The summed E-state index contributed by atoms with van der Waals surface area (Å²) in [5, 5.41) is 9.10. The van der Waals surface area contributed by atoms with Crippen LogP contribution in [0, 0.1) is 5.92 Å². The first-order valence-corrected chi connectivity index (χ1v) is 6.62. The van der Waals surface area contributed by atoms with Gasteiger partial charge in [0.1, 0.15) is 0 Å². The van der Waals surface area contributed by atoms with Crippen LogP contribution in [0.1, 0.15) is 35.7 Å². The van der Waals surface area contributed by atoms with Gasteiger partial charge in [0, 0.05) is 18.7 Å². The van der Waals surface area contributed by atoms with Crippen molar-refractivity contribution >= 4 is 18.2 Å². The SMILES string of the molecule is CC(=O)c1ccc(CN2CCC(CO)CC2)cc1.Cl. The van der Waals surface area contributed by atoms with Gasteiger partial charge in [0.15, 0.2) is 5.78 Å². The third-order valence-electron chi connectivity index (χ3n) is 3.73. The van der Waals surface area contributed by atoms with Crippen molar-refractivity contribution < 1.29 is 9.90 Å². The lowest BCUT2D eigenvalue weighted by Gasteiger charge is -2.31. The summed E-state index contributed by atoms with van der Waals surface area (Å²) >= 11 is 0. The molecule has 19 heavy (non-hydrogen) atoms. The fourth-order valence-electron chi connectivity index (χ4n) is 2.43. The van der Waals surface area contributed by atoms with Crippen molar-refractivity contribution in [1.82, 2.24) is 4.90 Å². The maximum absolute atomic E-state index is 11.2. The molecule has 0 amide bonds. The number of hydrogen-bond donors (Lipinski definition) is 1. The average molecular weight is 284 g/mol. The van der Waals surface area contributed by atoms with Crippen LogP contribution in [0.15, 0.2) is 24.3 Å². The number of carbonyl (C=O) groups is 1. The van der Waals surface area contributed by atoms with Gasteiger partial charge in [-0.3, -0.25) is 9.69 Å². The highest BCUT2D eigenvalue weighted by Crippen LogP contribution is 2.18. The minimum absolute atomic E-state index is 0. The number of Topliss-reactive ketones (excluding diaryl/α,β-unsaturated/α-hetero) is 1. The molecule has 0 saturated carbocycles. The number of benzene rings is 1. The maximum atomic E-state index is 11.2. The van der Waals surface area contributed by atoms with Gasteiger partial charge in [-0.05, 0) is 44.3 Å². The van der Waals surface area contributed by atoms with Gasteiger partial charge in [-0.15, -0.1) is 12.4 Å². The molecule has 1 heterocycles. The van der Waals surface area contributed by atoms with Gasteiger partial charge < -0.3 is 5.11 Å². The predicted octanol–water partition coefficient (Wildman–Crippen LogP) is 2.52. The van der Waals surface area contributed by atoms with Gasteiger partial charge in [-0.2, -0.15) is 0 Å². The predicted molar refractivity (Wildman–Crippen MR) is 78.8 cm³/mol. The molecule has 1 aromatic carbocycles. The van der Waals surface area contributed by atoms with Crippen LogP contribution in [0.5, 0.6) is 0 Å². The fourth-order valence-corrected chi connectivity index (χ4v) is 2.43. The van der Waals surface area contributed by atoms with Crippen molar-refractivity contribution in [1.29, 1.82) is 0 Å². The molecule has 0 aliphatic carbocycles. The minimum Gasteiger partial charge on any atom is -0.396 e. The molecule has 1 aromatic rings. The summed E-state index contributed by atoms with van der Waals surface area (Å²) in [4.78, 5) is 13.6. The number of halogens is 1. The Morgan fingerprint density at radius 3 is 2.32 bits per heavy atom. The summed E-state index contributed by atoms with van der Waals surface area (Å²) in [5.41, 5.74) is 2.03. The molecule has 0 unspecified atom stereocenters. The second-order valence-electron chi connectivity index (χ2n) is 5.16. The lowest BCUT2D eigenvalue weighted by Crippen LogP contribution is -2.34. The molecule has 2 rings (SSSR count). The Morgan fingerprint density at radius 1 is 1.26 bits per heavy atom. The number of ketones is 1. The topological polar surface area (TPSA) is 40.5 Å². The van der Waals surface area contributed by atoms with E-state index in [9.17, 15) is 4.79 Å². The number of carbonyl (C=O) groups excluding carboxylic acids is 1. The van der Waals surface area contributed by atoms with Crippen LogP contribution >= 0.6 is 12.4 Å². The maximum Gasteiger partial charge on any atom is 0.159 e. The molecule has 1 N–H and O–H groups in total. The Balaban J connectivity index is 0.00000180. The molecule has 1 aliphatic rings.